The van der Waals surface area contributed by atoms with Crippen molar-refractivity contribution < 1.29 is 22.4 Å². The Morgan fingerprint density at radius 1 is 1.11 bits per heavy atom. The molecule has 0 aliphatic carbocycles. The fraction of sp³-hybridized carbons (Fsp3) is 0.0833. The first-order valence-corrected chi connectivity index (χ1v) is 5.65. The van der Waals surface area contributed by atoms with E-state index in [1.165, 1.54) is 18.2 Å². The summed E-state index contributed by atoms with van der Waals surface area (Å²) >= 11 is 0.535. The standard InChI is InChI=1S/C12H6F4OS/c13-9-5-7(1-2-8(9)6-17)10-3-4-11(18-10)12(14,15)16/h1-6H. The molecule has 0 radical (unpaired) electrons. The summed E-state index contributed by atoms with van der Waals surface area (Å²) in [7, 11) is 0. The third-order valence-corrected chi connectivity index (χ3v) is 3.48. The molecule has 1 nitrogen and oxygen atoms in total. The van der Waals surface area contributed by atoms with Gasteiger partial charge in [-0.25, -0.2) is 4.39 Å². The van der Waals surface area contributed by atoms with E-state index in [2.05, 4.69) is 0 Å². The van der Waals surface area contributed by atoms with Crippen LogP contribution in [0.3, 0.4) is 0 Å². The van der Waals surface area contributed by atoms with Crippen molar-refractivity contribution in [2.24, 2.45) is 0 Å². The molecule has 0 bridgehead atoms. The van der Waals surface area contributed by atoms with Crippen LogP contribution in [0.5, 0.6) is 0 Å². The Balaban J connectivity index is 2.40. The number of carbonyl (C=O) groups excluding carboxylic acids is 1. The normalized spacial score (nSPS) is 11.6. The minimum absolute atomic E-state index is 0.119. The Bertz CT molecular complexity index is 586. The summed E-state index contributed by atoms with van der Waals surface area (Å²) in [4.78, 5) is 9.99. The van der Waals surface area contributed by atoms with Gasteiger partial charge >= 0.3 is 6.18 Å². The highest BCUT2D eigenvalue weighted by Gasteiger charge is 2.32. The molecule has 2 rings (SSSR count). The number of rotatable bonds is 2. The maximum Gasteiger partial charge on any atom is 0.425 e. The zero-order chi connectivity index (χ0) is 13.3. The van der Waals surface area contributed by atoms with Crippen LogP contribution in [-0.4, -0.2) is 6.29 Å². The van der Waals surface area contributed by atoms with Gasteiger partial charge < -0.3 is 0 Å². The van der Waals surface area contributed by atoms with E-state index in [4.69, 9.17) is 0 Å². The lowest BCUT2D eigenvalue weighted by Crippen LogP contribution is -2.00. The molecule has 0 saturated carbocycles. The maximum absolute atomic E-state index is 13.3. The van der Waals surface area contributed by atoms with Gasteiger partial charge in [-0.1, -0.05) is 6.07 Å². The summed E-state index contributed by atoms with van der Waals surface area (Å²) in [5.41, 5.74) is 0.199. The van der Waals surface area contributed by atoms with E-state index in [9.17, 15) is 22.4 Å². The molecule has 0 amide bonds. The molecule has 0 spiro atoms. The van der Waals surface area contributed by atoms with Crippen molar-refractivity contribution in [2.75, 3.05) is 0 Å². The van der Waals surface area contributed by atoms with E-state index in [1.807, 2.05) is 0 Å². The van der Waals surface area contributed by atoms with Crippen LogP contribution in [0.1, 0.15) is 15.2 Å². The summed E-state index contributed by atoms with van der Waals surface area (Å²) in [6, 6.07) is 5.94. The Kier molecular flexibility index (Phi) is 3.21. The number of carbonyl (C=O) groups is 1. The molecule has 0 N–H and O–H groups in total. The van der Waals surface area contributed by atoms with E-state index < -0.39 is 16.9 Å². The largest absolute Gasteiger partial charge is 0.425 e. The van der Waals surface area contributed by atoms with Gasteiger partial charge in [0.2, 0.25) is 0 Å². The minimum atomic E-state index is -4.40. The SMILES string of the molecule is O=Cc1ccc(-c2ccc(C(F)(F)F)s2)cc1F. The molecular weight excluding hydrogens is 268 g/mol. The van der Waals surface area contributed by atoms with Crippen molar-refractivity contribution in [2.45, 2.75) is 6.18 Å². The zero-order valence-electron chi connectivity index (χ0n) is 8.79. The van der Waals surface area contributed by atoms with Crippen molar-refractivity contribution in [3.63, 3.8) is 0 Å². The topological polar surface area (TPSA) is 17.1 Å². The lowest BCUT2D eigenvalue weighted by atomic mass is 10.1. The monoisotopic (exact) mass is 274 g/mol. The highest BCUT2D eigenvalue weighted by Crippen LogP contribution is 2.38. The summed E-state index contributed by atoms with van der Waals surface area (Å²) < 4.78 is 50.5. The number of benzene rings is 1. The van der Waals surface area contributed by atoms with Crippen LogP contribution >= 0.6 is 11.3 Å². The van der Waals surface area contributed by atoms with Crippen LogP contribution in [0.15, 0.2) is 30.3 Å². The minimum Gasteiger partial charge on any atom is -0.298 e. The molecule has 0 fully saturated rings. The molecule has 0 saturated heterocycles. The van der Waals surface area contributed by atoms with Gasteiger partial charge in [0, 0.05) is 4.88 Å². The average molecular weight is 274 g/mol. The second kappa shape index (κ2) is 4.53. The van der Waals surface area contributed by atoms with Gasteiger partial charge in [-0.15, -0.1) is 11.3 Å². The number of hydrogen-bond donors (Lipinski definition) is 0. The van der Waals surface area contributed by atoms with Gasteiger partial charge in [0.1, 0.15) is 10.7 Å². The fourth-order valence-corrected chi connectivity index (χ4v) is 2.29. The Labute approximate surface area is 104 Å². The second-order valence-corrected chi connectivity index (χ2v) is 4.60. The lowest BCUT2D eigenvalue weighted by Gasteiger charge is -2.02. The smallest absolute Gasteiger partial charge is 0.298 e. The molecule has 0 unspecified atom stereocenters. The molecule has 1 aromatic carbocycles. The van der Waals surface area contributed by atoms with Crippen molar-refractivity contribution in [1.82, 2.24) is 0 Å². The van der Waals surface area contributed by atoms with E-state index in [1.54, 1.807) is 0 Å². The zero-order valence-corrected chi connectivity index (χ0v) is 9.61. The highest BCUT2D eigenvalue weighted by atomic mass is 32.1. The van der Waals surface area contributed by atoms with Crippen LogP contribution in [0.2, 0.25) is 0 Å². The van der Waals surface area contributed by atoms with Crippen molar-refractivity contribution >= 4 is 17.6 Å². The molecule has 6 heteroatoms. The van der Waals surface area contributed by atoms with Crippen LogP contribution in [-0.2, 0) is 6.18 Å². The number of thiophene rings is 1. The van der Waals surface area contributed by atoms with Gasteiger partial charge in [0.25, 0.3) is 0 Å². The third kappa shape index (κ3) is 2.43. The first-order chi connectivity index (χ1) is 8.41. The summed E-state index contributed by atoms with van der Waals surface area (Å²) in [5, 5.41) is 0. The molecule has 0 aliphatic heterocycles. The average Bonchev–Trinajstić information content (AvgIpc) is 2.77. The van der Waals surface area contributed by atoms with Crippen LogP contribution < -0.4 is 0 Å². The molecule has 18 heavy (non-hydrogen) atoms. The Morgan fingerprint density at radius 3 is 2.33 bits per heavy atom. The summed E-state index contributed by atoms with van der Waals surface area (Å²) in [5.74, 6) is -0.746. The highest BCUT2D eigenvalue weighted by molar-refractivity contribution is 7.15. The fourth-order valence-electron chi connectivity index (χ4n) is 1.42. The van der Waals surface area contributed by atoms with Gasteiger partial charge in [-0.2, -0.15) is 13.2 Å². The lowest BCUT2D eigenvalue weighted by molar-refractivity contribution is -0.134. The molecule has 1 aromatic heterocycles. The number of halogens is 4. The number of aldehydes is 1. The predicted molar refractivity (Wildman–Crippen MR) is 60.1 cm³/mol. The molecular formula is C12H6F4OS. The van der Waals surface area contributed by atoms with Gasteiger partial charge in [-0.3, -0.25) is 4.79 Å². The van der Waals surface area contributed by atoms with E-state index >= 15 is 0 Å². The predicted octanol–water partition coefficient (Wildman–Crippen LogP) is 4.39. The number of hydrogen-bond acceptors (Lipinski definition) is 2. The van der Waals surface area contributed by atoms with Crippen molar-refractivity contribution in [1.29, 1.82) is 0 Å². The molecule has 2 aromatic rings. The second-order valence-electron chi connectivity index (χ2n) is 3.52. The maximum atomic E-state index is 13.3. The van der Waals surface area contributed by atoms with Crippen LogP contribution in [0.25, 0.3) is 10.4 Å². The van der Waals surface area contributed by atoms with Gasteiger partial charge in [-0.05, 0) is 29.8 Å². The van der Waals surface area contributed by atoms with Crippen molar-refractivity contribution in [3.8, 4) is 10.4 Å². The quantitative estimate of drug-likeness (QED) is 0.586. The van der Waals surface area contributed by atoms with E-state index in [-0.39, 0.29) is 5.56 Å². The summed E-state index contributed by atoms with van der Waals surface area (Å²) in [6.45, 7) is 0. The van der Waals surface area contributed by atoms with Crippen LogP contribution in [0, 0.1) is 5.82 Å². The Morgan fingerprint density at radius 2 is 1.83 bits per heavy atom. The number of alkyl halides is 3. The molecule has 0 atom stereocenters. The first-order valence-electron chi connectivity index (χ1n) is 4.84. The van der Waals surface area contributed by atoms with Gasteiger partial charge in [0.15, 0.2) is 6.29 Å². The third-order valence-electron chi connectivity index (χ3n) is 2.30. The van der Waals surface area contributed by atoms with Crippen LogP contribution in [0.4, 0.5) is 17.6 Å². The van der Waals surface area contributed by atoms with Crippen molar-refractivity contribution in [3.05, 3.63) is 46.6 Å². The summed E-state index contributed by atoms with van der Waals surface area (Å²) in [6.07, 6.45) is -4.04. The molecule has 1 heterocycles. The van der Waals surface area contributed by atoms with E-state index in [0.29, 0.717) is 28.1 Å². The van der Waals surface area contributed by atoms with Gasteiger partial charge in [0.05, 0.1) is 5.56 Å². The first kappa shape index (κ1) is 12.8. The Hall–Kier alpha value is -1.69. The molecule has 0 aliphatic rings. The molecule has 94 valence electrons. The van der Waals surface area contributed by atoms with E-state index in [0.717, 1.165) is 12.1 Å².